The molecule has 1 amide bonds. The third kappa shape index (κ3) is 3.26. The third-order valence-corrected chi connectivity index (χ3v) is 4.84. The number of para-hydroxylation sites is 1. The smallest absolute Gasteiger partial charge is 0.272 e. The second-order valence-electron chi connectivity index (χ2n) is 6.80. The molecule has 28 heavy (non-hydrogen) atoms. The molecular weight excluding hydrogens is 352 g/mol. The van der Waals surface area contributed by atoms with Crippen LogP contribution >= 0.6 is 0 Å². The van der Waals surface area contributed by atoms with Gasteiger partial charge >= 0.3 is 0 Å². The van der Waals surface area contributed by atoms with Crippen LogP contribution in [0.1, 0.15) is 30.8 Å². The Balaban J connectivity index is 1.78. The molecule has 7 heteroatoms. The summed E-state index contributed by atoms with van der Waals surface area (Å²) in [4.78, 5) is 21.6. The summed E-state index contributed by atoms with van der Waals surface area (Å²) in [6, 6.07) is 11.7. The highest BCUT2D eigenvalue weighted by Gasteiger charge is 2.21. The van der Waals surface area contributed by atoms with Gasteiger partial charge in [0.05, 0.1) is 23.6 Å². The van der Waals surface area contributed by atoms with Crippen molar-refractivity contribution in [3.05, 3.63) is 66.9 Å². The summed E-state index contributed by atoms with van der Waals surface area (Å²) in [5.41, 5.74) is 2.76. The van der Waals surface area contributed by atoms with Crippen LogP contribution in [0.25, 0.3) is 22.7 Å². The van der Waals surface area contributed by atoms with E-state index in [1.807, 2.05) is 51.7 Å². The van der Waals surface area contributed by atoms with Crippen molar-refractivity contribution in [3.63, 3.8) is 0 Å². The van der Waals surface area contributed by atoms with Crippen LogP contribution in [0.2, 0.25) is 0 Å². The molecule has 1 N–H and O–H groups in total. The summed E-state index contributed by atoms with van der Waals surface area (Å²) in [6.07, 6.45) is 7.89. The molecule has 0 spiro atoms. The molecule has 0 radical (unpaired) electrons. The van der Waals surface area contributed by atoms with Crippen molar-refractivity contribution in [1.82, 2.24) is 29.5 Å². The Kier molecular flexibility index (Phi) is 4.89. The fraction of sp³-hybridized carbons (Fsp3) is 0.238. The van der Waals surface area contributed by atoms with E-state index in [1.54, 1.807) is 18.6 Å². The van der Waals surface area contributed by atoms with Crippen molar-refractivity contribution in [2.24, 2.45) is 5.92 Å². The van der Waals surface area contributed by atoms with E-state index >= 15 is 0 Å². The summed E-state index contributed by atoms with van der Waals surface area (Å²) < 4.78 is 3.69. The summed E-state index contributed by atoms with van der Waals surface area (Å²) >= 11 is 0. The van der Waals surface area contributed by atoms with Crippen molar-refractivity contribution >= 4 is 11.4 Å². The molecular formula is C21H22N6O. The minimum Gasteiger partial charge on any atom is -0.350 e. The van der Waals surface area contributed by atoms with E-state index in [-0.39, 0.29) is 5.91 Å². The highest BCUT2D eigenvalue weighted by atomic mass is 16.1. The van der Waals surface area contributed by atoms with Gasteiger partial charge in [0.2, 0.25) is 0 Å². The largest absolute Gasteiger partial charge is 0.350 e. The lowest BCUT2D eigenvalue weighted by Gasteiger charge is -2.08. The first-order chi connectivity index (χ1) is 13.7. The number of carbonyl (C=O) groups is 1. The van der Waals surface area contributed by atoms with E-state index in [9.17, 15) is 4.79 Å². The van der Waals surface area contributed by atoms with Crippen molar-refractivity contribution in [1.29, 1.82) is 0 Å². The topological polar surface area (TPSA) is 77.1 Å². The van der Waals surface area contributed by atoms with Crippen LogP contribution in [0.3, 0.4) is 0 Å². The summed E-state index contributed by atoms with van der Waals surface area (Å²) in [7, 11) is 0. The molecule has 0 saturated heterocycles. The van der Waals surface area contributed by atoms with Crippen LogP contribution < -0.4 is 5.32 Å². The lowest BCUT2D eigenvalue weighted by Crippen LogP contribution is -2.28. The predicted molar refractivity (Wildman–Crippen MR) is 107 cm³/mol. The lowest BCUT2D eigenvalue weighted by atomic mass is 10.1. The molecule has 3 heterocycles. The molecule has 0 unspecified atom stereocenters. The average Bonchev–Trinajstić information content (AvgIpc) is 3.37. The fourth-order valence-electron chi connectivity index (χ4n) is 3.03. The van der Waals surface area contributed by atoms with Crippen LogP contribution in [0, 0.1) is 5.92 Å². The van der Waals surface area contributed by atoms with Gasteiger partial charge in [0, 0.05) is 18.9 Å². The molecule has 1 aromatic carbocycles. The Morgan fingerprint density at radius 2 is 2.00 bits per heavy atom. The number of benzene rings is 1. The molecule has 0 aliphatic heterocycles. The monoisotopic (exact) mass is 374 g/mol. The van der Waals surface area contributed by atoms with E-state index in [2.05, 4.69) is 34.2 Å². The normalized spacial score (nSPS) is 12.2. The molecule has 0 fully saturated rings. The van der Waals surface area contributed by atoms with Crippen molar-refractivity contribution in [2.75, 3.05) is 6.54 Å². The van der Waals surface area contributed by atoms with Crippen LogP contribution in [0.4, 0.5) is 0 Å². The van der Waals surface area contributed by atoms with Crippen LogP contribution in [-0.4, -0.2) is 36.6 Å². The molecule has 0 saturated carbocycles. The van der Waals surface area contributed by atoms with Crippen LogP contribution in [0.5, 0.6) is 0 Å². The number of fused-ring (bicyclic) bond motifs is 1. The standard InChI is InChI=1S/C21H22N6O/c1-3-15(2)13-23-21(28)19-18-14-22-11-12-26(18)20(25-19)17-9-10-24-27(17)16-7-5-4-6-8-16/h4-12,14-15H,3,13H2,1-2H3,(H,23,28)/t15-/m1/s1. The van der Waals surface area contributed by atoms with Crippen molar-refractivity contribution in [3.8, 4) is 17.2 Å². The Labute approximate surface area is 163 Å². The number of hydrogen-bond acceptors (Lipinski definition) is 4. The highest BCUT2D eigenvalue weighted by molar-refractivity contribution is 5.99. The minimum atomic E-state index is -0.192. The number of nitrogens with one attached hydrogen (secondary N) is 1. The fourth-order valence-corrected chi connectivity index (χ4v) is 3.03. The molecule has 4 rings (SSSR count). The van der Waals surface area contributed by atoms with E-state index in [0.29, 0.717) is 29.5 Å². The van der Waals surface area contributed by atoms with Crippen LogP contribution in [-0.2, 0) is 0 Å². The molecule has 7 nitrogen and oxygen atoms in total. The first-order valence-electron chi connectivity index (χ1n) is 9.39. The number of imidazole rings is 1. The van der Waals surface area contributed by atoms with Gasteiger partial charge in [-0.15, -0.1) is 0 Å². The van der Waals surface area contributed by atoms with Gasteiger partial charge in [-0.25, -0.2) is 9.67 Å². The first-order valence-corrected chi connectivity index (χ1v) is 9.39. The maximum atomic E-state index is 12.8. The second kappa shape index (κ2) is 7.64. The van der Waals surface area contributed by atoms with Gasteiger partial charge in [-0.1, -0.05) is 38.5 Å². The summed E-state index contributed by atoms with van der Waals surface area (Å²) in [6.45, 7) is 4.83. The summed E-state index contributed by atoms with van der Waals surface area (Å²) in [5, 5.41) is 7.42. The number of hydrogen-bond donors (Lipinski definition) is 1. The van der Waals surface area contributed by atoms with E-state index < -0.39 is 0 Å². The molecule has 3 aromatic heterocycles. The Hall–Kier alpha value is -3.48. The van der Waals surface area contributed by atoms with Gasteiger partial charge in [0.15, 0.2) is 11.5 Å². The molecule has 4 aromatic rings. The number of rotatable bonds is 6. The second-order valence-corrected chi connectivity index (χ2v) is 6.80. The van der Waals surface area contributed by atoms with Gasteiger partial charge in [0.25, 0.3) is 5.91 Å². The summed E-state index contributed by atoms with van der Waals surface area (Å²) in [5.74, 6) is 0.866. The first kappa shape index (κ1) is 17.9. The minimum absolute atomic E-state index is 0.192. The average molecular weight is 374 g/mol. The van der Waals surface area contributed by atoms with Gasteiger partial charge in [-0.3, -0.25) is 14.2 Å². The van der Waals surface area contributed by atoms with E-state index in [1.165, 1.54) is 0 Å². The lowest BCUT2D eigenvalue weighted by molar-refractivity contribution is 0.0945. The third-order valence-electron chi connectivity index (χ3n) is 4.84. The molecule has 0 bridgehead atoms. The van der Waals surface area contributed by atoms with Crippen LogP contribution in [0.15, 0.2) is 61.2 Å². The predicted octanol–water partition coefficient (Wildman–Crippen LogP) is 3.36. The highest BCUT2D eigenvalue weighted by Crippen LogP contribution is 2.24. The van der Waals surface area contributed by atoms with Gasteiger partial charge in [-0.2, -0.15) is 5.10 Å². The van der Waals surface area contributed by atoms with Crippen molar-refractivity contribution < 1.29 is 4.79 Å². The van der Waals surface area contributed by atoms with Gasteiger partial charge < -0.3 is 5.32 Å². The number of aromatic nitrogens is 5. The zero-order valence-electron chi connectivity index (χ0n) is 15.9. The molecule has 0 aliphatic carbocycles. The zero-order valence-corrected chi connectivity index (χ0v) is 15.9. The van der Waals surface area contributed by atoms with E-state index in [0.717, 1.165) is 17.8 Å². The van der Waals surface area contributed by atoms with Gasteiger partial charge in [0.1, 0.15) is 5.69 Å². The Morgan fingerprint density at radius 1 is 1.18 bits per heavy atom. The SMILES string of the molecule is CC[C@@H](C)CNC(=O)c1nc(-c2ccnn2-c2ccccc2)n2ccncc12. The quantitative estimate of drug-likeness (QED) is 0.561. The van der Waals surface area contributed by atoms with Crippen molar-refractivity contribution in [2.45, 2.75) is 20.3 Å². The molecule has 142 valence electrons. The molecule has 1 atom stereocenters. The number of nitrogens with zero attached hydrogens (tertiary/aromatic N) is 5. The number of amides is 1. The maximum absolute atomic E-state index is 12.8. The van der Waals surface area contributed by atoms with E-state index in [4.69, 9.17) is 0 Å². The Morgan fingerprint density at radius 3 is 2.79 bits per heavy atom. The number of carbonyl (C=O) groups excluding carboxylic acids is 1. The van der Waals surface area contributed by atoms with Gasteiger partial charge in [-0.05, 0) is 24.1 Å². The Bertz CT molecular complexity index is 1100. The maximum Gasteiger partial charge on any atom is 0.272 e. The molecule has 0 aliphatic rings. The zero-order chi connectivity index (χ0) is 19.5.